The van der Waals surface area contributed by atoms with Crippen LogP contribution in [0.5, 0.6) is 0 Å². The van der Waals surface area contributed by atoms with E-state index in [0.717, 1.165) is 60.6 Å². The maximum absolute atomic E-state index is 9.48. The van der Waals surface area contributed by atoms with Crippen LogP contribution in [0.4, 0.5) is 5.82 Å². The predicted octanol–water partition coefficient (Wildman–Crippen LogP) is 6.33. The molecule has 2 aliphatic rings. The van der Waals surface area contributed by atoms with Crippen LogP contribution >= 0.6 is 0 Å². The third-order valence-electron chi connectivity index (χ3n) is 5.58. The summed E-state index contributed by atoms with van der Waals surface area (Å²) in [6.07, 6.45) is 18.4. The highest BCUT2D eigenvalue weighted by Crippen LogP contribution is 2.41. The lowest BCUT2D eigenvalue weighted by atomic mass is 9.94. The van der Waals surface area contributed by atoms with E-state index >= 15 is 0 Å². The van der Waals surface area contributed by atoms with Crippen LogP contribution in [0.25, 0.3) is 16.8 Å². The van der Waals surface area contributed by atoms with E-state index in [9.17, 15) is 5.26 Å². The maximum atomic E-state index is 9.48. The molecule has 0 N–H and O–H groups in total. The molecule has 0 saturated heterocycles. The van der Waals surface area contributed by atoms with Crippen molar-refractivity contribution in [2.24, 2.45) is 4.99 Å². The van der Waals surface area contributed by atoms with Crippen LogP contribution in [0.3, 0.4) is 0 Å². The first-order chi connectivity index (χ1) is 15.0. The molecule has 4 nitrogen and oxygen atoms in total. The Morgan fingerprint density at radius 1 is 1.29 bits per heavy atom. The van der Waals surface area contributed by atoms with Gasteiger partial charge in [0.25, 0.3) is 0 Å². The van der Waals surface area contributed by atoms with Gasteiger partial charge in [0.1, 0.15) is 5.82 Å². The van der Waals surface area contributed by atoms with E-state index in [2.05, 4.69) is 63.0 Å². The second kappa shape index (κ2) is 10.1. The predicted molar refractivity (Wildman–Crippen MR) is 133 cm³/mol. The fraction of sp³-hybridized carbons (Fsp3) is 0.259. The quantitative estimate of drug-likeness (QED) is 0.421. The summed E-state index contributed by atoms with van der Waals surface area (Å²) >= 11 is 0. The Balaban J connectivity index is 2.23. The third kappa shape index (κ3) is 5.02. The molecule has 31 heavy (non-hydrogen) atoms. The van der Waals surface area contributed by atoms with Crippen LogP contribution in [0.2, 0.25) is 0 Å². The Kier molecular flexibility index (Phi) is 7.23. The summed E-state index contributed by atoms with van der Waals surface area (Å²) in [6, 6.07) is 2.21. The summed E-state index contributed by atoms with van der Waals surface area (Å²) < 4.78 is 2.03. The van der Waals surface area contributed by atoms with Crippen LogP contribution in [-0.2, 0) is 0 Å². The number of aromatic nitrogens is 1. The number of aliphatic imine (C=N–C) groups is 1. The molecule has 0 unspecified atom stereocenters. The third-order valence-corrected chi connectivity index (χ3v) is 5.58. The SMILES string of the molecule is C=C/C=C(C#N)\C=C(/C=C)n1cc(/C2=C\CCN(C)CCC2)c2c1N=CC(=C)C=C2C. The molecule has 0 radical (unpaired) electrons. The molecular formula is C27H30N4. The van der Waals surface area contributed by atoms with Crippen LogP contribution < -0.4 is 0 Å². The van der Waals surface area contributed by atoms with Crippen molar-refractivity contribution in [1.82, 2.24) is 9.47 Å². The average Bonchev–Trinajstić information content (AvgIpc) is 3.04. The van der Waals surface area contributed by atoms with Gasteiger partial charge in [-0.1, -0.05) is 38.0 Å². The molecule has 3 rings (SSSR count). The minimum atomic E-state index is 0.511. The molecule has 0 spiro atoms. The van der Waals surface area contributed by atoms with E-state index in [1.165, 1.54) is 11.1 Å². The standard InChI is InChI=1S/C27H30N4/c1-6-10-22(17-28)16-24(7-2)31-19-25(23-11-8-13-30(5)14-9-12-23)26-21(4)15-20(3)18-29-27(26)31/h6-7,10-11,15-16,18-19H,1-3,8-9,12-14H2,4-5H3/b22-10+,23-11-,24-16+. The van der Waals surface area contributed by atoms with Gasteiger partial charge in [0, 0.05) is 35.8 Å². The Hall–Kier alpha value is -3.42. The molecule has 2 aliphatic heterocycles. The summed E-state index contributed by atoms with van der Waals surface area (Å²) in [5.74, 6) is 0.838. The van der Waals surface area contributed by atoms with Gasteiger partial charge < -0.3 is 9.47 Å². The van der Waals surface area contributed by atoms with E-state index in [1.54, 1.807) is 24.4 Å². The lowest BCUT2D eigenvalue weighted by Crippen LogP contribution is -2.21. The fourth-order valence-corrected chi connectivity index (χ4v) is 4.07. The molecule has 1 aromatic rings. The van der Waals surface area contributed by atoms with Crippen molar-refractivity contribution in [3.05, 3.63) is 84.7 Å². The van der Waals surface area contributed by atoms with Gasteiger partial charge in [-0.3, -0.25) is 0 Å². The van der Waals surface area contributed by atoms with Crippen LogP contribution in [0.1, 0.15) is 37.3 Å². The van der Waals surface area contributed by atoms with Crippen molar-refractivity contribution in [3.63, 3.8) is 0 Å². The summed E-state index contributed by atoms with van der Waals surface area (Å²) in [5.41, 5.74) is 6.97. The van der Waals surface area contributed by atoms with E-state index in [-0.39, 0.29) is 0 Å². The highest BCUT2D eigenvalue weighted by atomic mass is 15.1. The minimum Gasteiger partial charge on any atom is -0.306 e. The molecule has 1 aromatic heterocycles. The monoisotopic (exact) mass is 410 g/mol. The molecule has 158 valence electrons. The van der Waals surface area contributed by atoms with Gasteiger partial charge in [-0.15, -0.1) is 0 Å². The van der Waals surface area contributed by atoms with E-state index < -0.39 is 0 Å². The minimum absolute atomic E-state index is 0.511. The Morgan fingerprint density at radius 3 is 2.81 bits per heavy atom. The van der Waals surface area contributed by atoms with Crippen molar-refractivity contribution < 1.29 is 0 Å². The molecule has 0 amide bonds. The summed E-state index contributed by atoms with van der Waals surface area (Å²) in [6.45, 7) is 16.1. The molecule has 0 aromatic carbocycles. The lowest BCUT2D eigenvalue weighted by molar-refractivity contribution is 0.334. The highest BCUT2D eigenvalue weighted by Gasteiger charge is 2.22. The normalized spacial score (nSPS) is 19.8. The van der Waals surface area contributed by atoms with Gasteiger partial charge in [-0.05, 0) is 74.7 Å². The number of allylic oxidation sites excluding steroid dienone is 10. The maximum Gasteiger partial charge on any atom is 0.145 e. The smallest absolute Gasteiger partial charge is 0.145 e. The van der Waals surface area contributed by atoms with Gasteiger partial charge in [-0.2, -0.15) is 5.26 Å². The topological polar surface area (TPSA) is 44.3 Å². The van der Waals surface area contributed by atoms with Gasteiger partial charge in [0.05, 0.1) is 11.6 Å². The van der Waals surface area contributed by atoms with Crippen molar-refractivity contribution in [2.75, 3.05) is 20.1 Å². The number of fused-ring (bicyclic) bond motifs is 1. The van der Waals surface area contributed by atoms with Crippen LogP contribution in [0.15, 0.2) is 78.5 Å². The van der Waals surface area contributed by atoms with E-state index in [4.69, 9.17) is 4.99 Å². The second-order valence-electron chi connectivity index (χ2n) is 7.94. The Morgan fingerprint density at radius 2 is 2.10 bits per heavy atom. The fourth-order valence-electron chi connectivity index (χ4n) is 4.07. The number of hydrogen-bond donors (Lipinski definition) is 0. The highest BCUT2D eigenvalue weighted by molar-refractivity contribution is 5.96. The molecule has 3 heterocycles. The zero-order valence-corrected chi connectivity index (χ0v) is 18.6. The molecule has 0 fully saturated rings. The largest absolute Gasteiger partial charge is 0.306 e. The number of hydrogen-bond acceptors (Lipinski definition) is 3. The van der Waals surface area contributed by atoms with Crippen LogP contribution in [-0.4, -0.2) is 35.8 Å². The molecule has 0 atom stereocenters. The lowest BCUT2D eigenvalue weighted by Gasteiger charge is -2.20. The molecule has 0 saturated carbocycles. The Labute approximate surface area is 185 Å². The molecular weight excluding hydrogens is 380 g/mol. The second-order valence-corrected chi connectivity index (χ2v) is 7.94. The Bertz CT molecular complexity index is 1090. The van der Waals surface area contributed by atoms with Gasteiger partial charge in [0.15, 0.2) is 0 Å². The summed E-state index contributed by atoms with van der Waals surface area (Å²) in [4.78, 5) is 7.16. The van der Waals surface area contributed by atoms with Gasteiger partial charge >= 0.3 is 0 Å². The van der Waals surface area contributed by atoms with Crippen molar-refractivity contribution in [3.8, 4) is 6.07 Å². The number of nitrogens with zero attached hydrogens (tertiary/aromatic N) is 4. The molecule has 4 heteroatoms. The average molecular weight is 411 g/mol. The zero-order chi connectivity index (χ0) is 22.4. The van der Waals surface area contributed by atoms with E-state index in [0.29, 0.717) is 5.57 Å². The van der Waals surface area contributed by atoms with Crippen molar-refractivity contribution >= 4 is 28.9 Å². The van der Waals surface area contributed by atoms with E-state index in [1.807, 2.05) is 10.6 Å². The number of nitriles is 1. The first-order valence-electron chi connectivity index (χ1n) is 10.6. The van der Waals surface area contributed by atoms with Crippen molar-refractivity contribution in [2.45, 2.75) is 26.2 Å². The van der Waals surface area contributed by atoms with Gasteiger partial charge in [-0.25, -0.2) is 4.99 Å². The first-order valence-corrected chi connectivity index (χ1v) is 10.6. The summed E-state index contributed by atoms with van der Waals surface area (Å²) in [7, 11) is 2.18. The first kappa shape index (κ1) is 22.3. The summed E-state index contributed by atoms with van der Waals surface area (Å²) in [5, 5.41) is 9.48. The van der Waals surface area contributed by atoms with Crippen LogP contribution in [0, 0.1) is 11.3 Å². The van der Waals surface area contributed by atoms with Gasteiger partial charge in [0.2, 0.25) is 0 Å². The molecule has 0 aliphatic carbocycles. The zero-order valence-electron chi connectivity index (χ0n) is 18.6. The molecule has 0 bridgehead atoms. The number of rotatable bonds is 5. The van der Waals surface area contributed by atoms with Crippen molar-refractivity contribution in [1.29, 1.82) is 5.26 Å².